The van der Waals surface area contributed by atoms with Crippen LogP contribution < -0.4 is 10.6 Å². The first-order valence-corrected chi connectivity index (χ1v) is 7.89. The van der Waals surface area contributed by atoms with E-state index in [-0.39, 0.29) is 0 Å². The van der Waals surface area contributed by atoms with Gasteiger partial charge in [0.1, 0.15) is 0 Å². The van der Waals surface area contributed by atoms with Crippen LogP contribution in [0.3, 0.4) is 0 Å². The summed E-state index contributed by atoms with van der Waals surface area (Å²) in [7, 11) is 2.03. The van der Waals surface area contributed by atoms with E-state index in [0.29, 0.717) is 6.04 Å². The standard InChI is InChI=1S/C15H22N2S/c1-10(17-11-6-5-7-11)14-12-8-3-4-9-13(12)18-15(14)16-2/h11,16-17H,1,3-9H2,2H3. The van der Waals surface area contributed by atoms with Gasteiger partial charge in [-0.1, -0.05) is 6.58 Å². The molecule has 0 bridgehead atoms. The van der Waals surface area contributed by atoms with E-state index in [2.05, 4.69) is 17.2 Å². The van der Waals surface area contributed by atoms with Gasteiger partial charge in [0, 0.05) is 29.2 Å². The average Bonchev–Trinajstić information content (AvgIpc) is 2.72. The van der Waals surface area contributed by atoms with E-state index in [1.54, 1.807) is 10.4 Å². The smallest absolute Gasteiger partial charge is 0.0980 e. The van der Waals surface area contributed by atoms with Crippen LogP contribution in [0.25, 0.3) is 5.70 Å². The first-order valence-electron chi connectivity index (χ1n) is 7.07. The van der Waals surface area contributed by atoms with Crippen LogP contribution in [-0.4, -0.2) is 13.1 Å². The van der Waals surface area contributed by atoms with Gasteiger partial charge in [-0.2, -0.15) is 0 Å². The maximum absolute atomic E-state index is 4.29. The van der Waals surface area contributed by atoms with Crippen molar-refractivity contribution in [2.75, 3.05) is 12.4 Å². The van der Waals surface area contributed by atoms with Gasteiger partial charge in [0.15, 0.2) is 0 Å². The molecule has 0 unspecified atom stereocenters. The zero-order chi connectivity index (χ0) is 12.5. The molecule has 0 spiro atoms. The van der Waals surface area contributed by atoms with E-state index >= 15 is 0 Å². The highest BCUT2D eigenvalue weighted by Crippen LogP contribution is 2.41. The zero-order valence-electron chi connectivity index (χ0n) is 11.1. The Kier molecular flexibility index (Phi) is 3.33. The number of rotatable bonds is 4. The second-order valence-electron chi connectivity index (χ2n) is 5.42. The molecular formula is C15H22N2S. The summed E-state index contributed by atoms with van der Waals surface area (Å²) >= 11 is 1.93. The molecular weight excluding hydrogens is 240 g/mol. The highest BCUT2D eigenvalue weighted by molar-refractivity contribution is 7.16. The summed E-state index contributed by atoms with van der Waals surface area (Å²) in [6.45, 7) is 4.29. The van der Waals surface area contributed by atoms with Crippen molar-refractivity contribution in [1.82, 2.24) is 5.32 Å². The fraction of sp³-hybridized carbons (Fsp3) is 0.600. The Hall–Kier alpha value is -0.960. The van der Waals surface area contributed by atoms with Gasteiger partial charge in [-0.15, -0.1) is 11.3 Å². The molecule has 2 aliphatic carbocycles. The summed E-state index contributed by atoms with van der Waals surface area (Å²) < 4.78 is 0. The van der Waals surface area contributed by atoms with Crippen molar-refractivity contribution in [2.45, 2.75) is 51.0 Å². The molecule has 98 valence electrons. The van der Waals surface area contributed by atoms with Gasteiger partial charge in [-0.25, -0.2) is 0 Å². The lowest BCUT2D eigenvalue weighted by molar-refractivity contribution is 0.378. The van der Waals surface area contributed by atoms with Crippen molar-refractivity contribution >= 4 is 22.0 Å². The molecule has 2 nitrogen and oxygen atoms in total. The molecule has 18 heavy (non-hydrogen) atoms. The molecule has 0 atom stereocenters. The van der Waals surface area contributed by atoms with Gasteiger partial charge in [-0.05, 0) is 50.5 Å². The molecule has 2 N–H and O–H groups in total. The highest BCUT2D eigenvalue weighted by Gasteiger charge is 2.24. The summed E-state index contributed by atoms with van der Waals surface area (Å²) in [4.78, 5) is 1.58. The van der Waals surface area contributed by atoms with Crippen LogP contribution in [0.4, 0.5) is 5.00 Å². The zero-order valence-corrected chi connectivity index (χ0v) is 12.0. The molecule has 1 saturated carbocycles. The average molecular weight is 262 g/mol. The molecule has 0 aromatic carbocycles. The van der Waals surface area contributed by atoms with Gasteiger partial charge in [0.05, 0.1) is 5.00 Å². The summed E-state index contributed by atoms with van der Waals surface area (Å²) in [6, 6.07) is 0.668. The lowest BCUT2D eigenvalue weighted by Crippen LogP contribution is -2.33. The molecule has 1 heterocycles. The molecule has 0 aliphatic heterocycles. The lowest BCUT2D eigenvalue weighted by atomic mass is 9.91. The second-order valence-corrected chi connectivity index (χ2v) is 6.52. The van der Waals surface area contributed by atoms with E-state index in [4.69, 9.17) is 0 Å². The molecule has 2 aliphatic rings. The Morgan fingerprint density at radius 3 is 2.67 bits per heavy atom. The summed E-state index contributed by atoms with van der Waals surface area (Å²) in [5.74, 6) is 0. The van der Waals surface area contributed by atoms with E-state index in [1.165, 1.54) is 55.5 Å². The number of hydrogen-bond acceptors (Lipinski definition) is 3. The van der Waals surface area contributed by atoms with Crippen LogP contribution >= 0.6 is 11.3 Å². The van der Waals surface area contributed by atoms with Crippen LogP contribution in [0.2, 0.25) is 0 Å². The molecule has 3 heteroatoms. The fourth-order valence-corrected chi connectivity index (χ4v) is 4.20. The lowest BCUT2D eigenvalue weighted by Gasteiger charge is -2.29. The van der Waals surface area contributed by atoms with Crippen molar-refractivity contribution in [3.63, 3.8) is 0 Å². The van der Waals surface area contributed by atoms with Crippen LogP contribution in [0.15, 0.2) is 6.58 Å². The van der Waals surface area contributed by atoms with Gasteiger partial charge in [-0.3, -0.25) is 0 Å². The summed E-state index contributed by atoms with van der Waals surface area (Å²) in [6.07, 6.45) is 9.14. The SMILES string of the molecule is C=C(NC1CCC1)c1c(NC)sc2c1CCCC2. The van der Waals surface area contributed by atoms with Crippen LogP contribution in [0, 0.1) is 0 Å². The number of fused-ring (bicyclic) bond motifs is 1. The number of anilines is 1. The molecule has 0 radical (unpaired) electrons. The van der Waals surface area contributed by atoms with E-state index in [1.807, 2.05) is 18.4 Å². The summed E-state index contributed by atoms with van der Waals surface area (Å²) in [5.41, 5.74) is 4.08. The predicted octanol–water partition coefficient (Wildman–Crippen LogP) is 3.78. The first-order chi connectivity index (χ1) is 8.79. The number of hydrogen-bond donors (Lipinski definition) is 2. The maximum atomic E-state index is 4.29. The molecule has 0 amide bonds. The van der Waals surface area contributed by atoms with Crippen molar-refractivity contribution < 1.29 is 0 Å². The Bertz CT molecular complexity index is 457. The Morgan fingerprint density at radius 2 is 2.00 bits per heavy atom. The minimum Gasteiger partial charge on any atom is -0.382 e. The first kappa shape index (κ1) is 12.1. The third kappa shape index (κ3) is 2.05. The van der Waals surface area contributed by atoms with Crippen molar-refractivity contribution in [2.24, 2.45) is 0 Å². The van der Waals surface area contributed by atoms with Crippen molar-refractivity contribution in [3.8, 4) is 0 Å². The second kappa shape index (κ2) is 4.96. The monoisotopic (exact) mass is 262 g/mol. The van der Waals surface area contributed by atoms with Gasteiger partial charge >= 0.3 is 0 Å². The van der Waals surface area contributed by atoms with Gasteiger partial charge in [0.25, 0.3) is 0 Å². The van der Waals surface area contributed by atoms with Crippen LogP contribution in [0.5, 0.6) is 0 Å². The minimum absolute atomic E-state index is 0.668. The third-order valence-corrected chi connectivity index (χ3v) is 5.49. The molecule has 1 fully saturated rings. The molecule has 1 aromatic rings. The van der Waals surface area contributed by atoms with Crippen LogP contribution in [-0.2, 0) is 12.8 Å². The Morgan fingerprint density at radius 1 is 1.22 bits per heavy atom. The summed E-state index contributed by atoms with van der Waals surface area (Å²) in [5, 5.41) is 8.28. The number of nitrogens with one attached hydrogen (secondary N) is 2. The van der Waals surface area contributed by atoms with Crippen molar-refractivity contribution in [3.05, 3.63) is 22.6 Å². The Labute approximate surface area is 113 Å². The molecule has 1 aromatic heterocycles. The Balaban J connectivity index is 1.88. The van der Waals surface area contributed by atoms with Crippen LogP contribution in [0.1, 0.15) is 48.1 Å². The van der Waals surface area contributed by atoms with Gasteiger partial charge in [0.2, 0.25) is 0 Å². The highest BCUT2D eigenvalue weighted by atomic mass is 32.1. The topological polar surface area (TPSA) is 24.1 Å². The normalized spacial score (nSPS) is 18.9. The van der Waals surface area contributed by atoms with E-state index in [0.717, 1.165) is 5.70 Å². The molecule has 3 rings (SSSR count). The predicted molar refractivity (Wildman–Crippen MR) is 80.3 cm³/mol. The van der Waals surface area contributed by atoms with Crippen molar-refractivity contribution in [1.29, 1.82) is 0 Å². The fourth-order valence-electron chi connectivity index (χ4n) is 2.93. The molecule has 0 saturated heterocycles. The minimum atomic E-state index is 0.668. The van der Waals surface area contributed by atoms with E-state index in [9.17, 15) is 0 Å². The maximum Gasteiger partial charge on any atom is 0.0980 e. The number of aryl methyl sites for hydroxylation is 1. The number of thiophene rings is 1. The van der Waals surface area contributed by atoms with Gasteiger partial charge < -0.3 is 10.6 Å². The van der Waals surface area contributed by atoms with E-state index < -0.39 is 0 Å². The third-order valence-electron chi connectivity index (χ3n) is 4.18. The largest absolute Gasteiger partial charge is 0.382 e. The quantitative estimate of drug-likeness (QED) is 0.863.